The molecule has 2 heterocycles. The van der Waals surface area contributed by atoms with E-state index >= 15 is 0 Å². The maximum absolute atomic E-state index is 12.6. The van der Waals surface area contributed by atoms with Crippen LogP contribution in [0.15, 0.2) is 36.4 Å². The van der Waals surface area contributed by atoms with E-state index in [4.69, 9.17) is 16.3 Å². The number of nitrogens with zero attached hydrogens (tertiary/aromatic N) is 2. The molecule has 3 aromatic rings. The number of carbonyl (C=O) groups excluding carboxylic acids is 2. The van der Waals surface area contributed by atoms with Crippen LogP contribution in [0.2, 0.25) is 5.02 Å². The number of rotatable bonds is 4. The topological polar surface area (TPSA) is 71.5 Å². The van der Waals surface area contributed by atoms with E-state index in [-0.39, 0.29) is 25.0 Å². The number of hydrogen-bond acceptors (Lipinski definition) is 5. The average Bonchev–Trinajstić information content (AvgIpc) is 3.04. The van der Waals surface area contributed by atoms with E-state index in [1.807, 2.05) is 45.0 Å². The molecule has 1 aliphatic rings. The third kappa shape index (κ3) is 4.04. The summed E-state index contributed by atoms with van der Waals surface area (Å²) in [6, 6.07) is 10.9. The molecule has 2 amide bonds. The van der Waals surface area contributed by atoms with Crippen molar-refractivity contribution in [1.82, 2.24) is 4.98 Å². The van der Waals surface area contributed by atoms with Gasteiger partial charge in [-0.1, -0.05) is 17.7 Å². The summed E-state index contributed by atoms with van der Waals surface area (Å²) in [4.78, 5) is 32.3. The molecule has 0 atom stereocenters. The van der Waals surface area contributed by atoms with Crippen molar-refractivity contribution in [2.45, 2.75) is 20.8 Å². The standard InChI is InChI=1S/C22H20ClN3O3S/c1-12-4-6-16(9-17(12)23)25-20(27)10-26-18-8-15(22-13(2)30-14(3)24-22)5-7-19(18)29-11-21(26)28/h4-9H,10-11H2,1-3H3,(H,25,27). The van der Waals surface area contributed by atoms with Crippen LogP contribution in [0.5, 0.6) is 5.75 Å². The molecule has 0 bridgehead atoms. The monoisotopic (exact) mass is 441 g/mol. The number of aromatic nitrogens is 1. The highest BCUT2D eigenvalue weighted by molar-refractivity contribution is 7.11. The number of benzene rings is 2. The van der Waals surface area contributed by atoms with Crippen LogP contribution in [0.25, 0.3) is 11.3 Å². The van der Waals surface area contributed by atoms with Crippen molar-refractivity contribution in [3.05, 3.63) is 56.9 Å². The van der Waals surface area contributed by atoms with Crippen molar-refractivity contribution < 1.29 is 14.3 Å². The SMILES string of the molecule is Cc1nc(-c2ccc3c(c2)N(CC(=O)Nc2ccc(C)c(Cl)c2)C(=O)CO3)c(C)s1. The largest absolute Gasteiger partial charge is 0.482 e. The summed E-state index contributed by atoms with van der Waals surface area (Å²) in [7, 11) is 0. The highest BCUT2D eigenvalue weighted by Gasteiger charge is 2.28. The van der Waals surface area contributed by atoms with E-state index in [2.05, 4.69) is 10.3 Å². The normalized spacial score (nSPS) is 13.1. The van der Waals surface area contributed by atoms with Crippen LogP contribution in [-0.4, -0.2) is 29.9 Å². The van der Waals surface area contributed by atoms with Crippen LogP contribution in [0, 0.1) is 20.8 Å². The lowest BCUT2D eigenvalue weighted by molar-refractivity contribution is -0.123. The molecule has 154 valence electrons. The zero-order valence-electron chi connectivity index (χ0n) is 16.8. The van der Waals surface area contributed by atoms with Crippen LogP contribution >= 0.6 is 22.9 Å². The molecule has 0 fully saturated rings. The van der Waals surface area contributed by atoms with Gasteiger partial charge in [0.05, 0.1) is 16.4 Å². The quantitative estimate of drug-likeness (QED) is 0.634. The highest BCUT2D eigenvalue weighted by Crippen LogP contribution is 2.37. The van der Waals surface area contributed by atoms with Gasteiger partial charge in [0.1, 0.15) is 12.3 Å². The van der Waals surface area contributed by atoms with Crippen molar-refractivity contribution in [3.8, 4) is 17.0 Å². The first-order valence-electron chi connectivity index (χ1n) is 9.39. The fourth-order valence-corrected chi connectivity index (χ4v) is 4.35. The second kappa shape index (κ2) is 8.08. The van der Waals surface area contributed by atoms with Gasteiger partial charge >= 0.3 is 0 Å². The maximum atomic E-state index is 12.6. The number of aryl methyl sites for hydroxylation is 3. The molecule has 1 aromatic heterocycles. The Balaban J connectivity index is 1.60. The van der Waals surface area contributed by atoms with E-state index in [0.717, 1.165) is 26.7 Å². The summed E-state index contributed by atoms with van der Waals surface area (Å²) in [5.41, 5.74) is 3.82. The van der Waals surface area contributed by atoms with E-state index < -0.39 is 0 Å². The van der Waals surface area contributed by atoms with E-state index in [1.165, 1.54) is 4.90 Å². The second-order valence-corrected chi connectivity index (χ2v) is 8.92. The number of fused-ring (bicyclic) bond motifs is 1. The van der Waals surface area contributed by atoms with Crippen molar-refractivity contribution in [2.24, 2.45) is 0 Å². The predicted octanol–water partition coefficient (Wildman–Crippen LogP) is 4.75. The highest BCUT2D eigenvalue weighted by atomic mass is 35.5. The second-order valence-electron chi connectivity index (χ2n) is 7.10. The van der Waals surface area contributed by atoms with Crippen LogP contribution in [0.1, 0.15) is 15.4 Å². The minimum absolute atomic E-state index is 0.106. The third-order valence-electron chi connectivity index (χ3n) is 4.84. The molecule has 0 spiro atoms. The molecule has 0 saturated heterocycles. The first-order chi connectivity index (χ1) is 14.3. The van der Waals surface area contributed by atoms with Gasteiger partial charge in [0.15, 0.2) is 6.61 Å². The zero-order chi connectivity index (χ0) is 21.4. The summed E-state index contributed by atoms with van der Waals surface area (Å²) in [6.07, 6.45) is 0. The smallest absolute Gasteiger partial charge is 0.265 e. The Bertz CT molecular complexity index is 1160. The van der Waals surface area contributed by atoms with Gasteiger partial charge in [0.25, 0.3) is 5.91 Å². The molecule has 0 unspecified atom stereocenters. The minimum atomic E-state index is -0.317. The summed E-state index contributed by atoms with van der Waals surface area (Å²) < 4.78 is 5.56. The number of carbonyl (C=O) groups is 2. The molecule has 0 radical (unpaired) electrons. The van der Waals surface area contributed by atoms with E-state index in [9.17, 15) is 9.59 Å². The van der Waals surface area contributed by atoms with Crippen molar-refractivity contribution >= 4 is 46.1 Å². The number of thiazole rings is 1. The Morgan fingerprint density at radius 3 is 2.73 bits per heavy atom. The van der Waals surface area contributed by atoms with Crippen LogP contribution in [0.4, 0.5) is 11.4 Å². The number of hydrogen-bond donors (Lipinski definition) is 1. The molecule has 0 aliphatic carbocycles. The summed E-state index contributed by atoms with van der Waals surface area (Å²) in [5, 5.41) is 4.34. The fourth-order valence-electron chi connectivity index (χ4n) is 3.33. The van der Waals surface area contributed by atoms with Gasteiger partial charge < -0.3 is 10.1 Å². The molecule has 2 aromatic carbocycles. The molecule has 1 aliphatic heterocycles. The fraction of sp³-hybridized carbons (Fsp3) is 0.227. The lowest BCUT2D eigenvalue weighted by Gasteiger charge is -2.29. The van der Waals surface area contributed by atoms with Gasteiger partial charge in [-0.05, 0) is 56.7 Å². The average molecular weight is 442 g/mol. The summed E-state index contributed by atoms with van der Waals surface area (Å²) in [5.74, 6) is -0.0285. The van der Waals surface area contributed by atoms with E-state index in [0.29, 0.717) is 22.1 Å². The Labute approximate surface area is 183 Å². The van der Waals surface area contributed by atoms with Crippen molar-refractivity contribution in [1.29, 1.82) is 0 Å². The number of nitrogens with one attached hydrogen (secondary N) is 1. The van der Waals surface area contributed by atoms with Gasteiger partial charge in [-0.15, -0.1) is 11.3 Å². The van der Waals surface area contributed by atoms with Crippen LogP contribution < -0.4 is 15.0 Å². The molecular weight excluding hydrogens is 422 g/mol. The molecule has 4 rings (SSSR count). The van der Waals surface area contributed by atoms with Crippen LogP contribution in [-0.2, 0) is 9.59 Å². The predicted molar refractivity (Wildman–Crippen MR) is 120 cm³/mol. The lowest BCUT2D eigenvalue weighted by Crippen LogP contribution is -2.43. The number of ether oxygens (including phenoxy) is 1. The lowest BCUT2D eigenvalue weighted by atomic mass is 10.1. The first-order valence-corrected chi connectivity index (χ1v) is 10.6. The molecule has 6 nitrogen and oxygen atoms in total. The third-order valence-corrected chi connectivity index (χ3v) is 6.13. The minimum Gasteiger partial charge on any atom is -0.482 e. The van der Waals surface area contributed by atoms with Gasteiger partial charge in [-0.25, -0.2) is 4.98 Å². The molecule has 30 heavy (non-hydrogen) atoms. The zero-order valence-corrected chi connectivity index (χ0v) is 18.4. The van der Waals surface area contributed by atoms with Crippen LogP contribution in [0.3, 0.4) is 0 Å². The van der Waals surface area contributed by atoms with Gasteiger partial charge in [0, 0.05) is 21.2 Å². The summed E-state index contributed by atoms with van der Waals surface area (Å²) >= 11 is 7.75. The maximum Gasteiger partial charge on any atom is 0.265 e. The van der Waals surface area contributed by atoms with Crippen molar-refractivity contribution in [2.75, 3.05) is 23.4 Å². The van der Waals surface area contributed by atoms with E-state index in [1.54, 1.807) is 23.5 Å². The number of amides is 2. The number of halogens is 1. The molecule has 1 N–H and O–H groups in total. The van der Waals surface area contributed by atoms with Gasteiger partial charge in [0.2, 0.25) is 5.91 Å². The Kier molecular flexibility index (Phi) is 5.49. The van der Waals surface area contributed by atoms with Gasteiger partial charge in [-0.2, -0.15) is 0 Å². The van der Waals surface area contributed by atoms with Gasteiger partial charge in [-0.3, -0.25) is 14.5 Å². The van der Waals surface area contributed by atoms with Crippen molar-refractivity contribution in [3.63, 3.8) is 0 Å². The number of anilines is 2. The Morgan fingerprint density at radius 2 is 2.03 bits per heavy atom. The molecule has 0 saturated carbocycles. The summed E-state index contributed by atoms with van der Waals surface area (Å²) in [6.45, 7) is 5.63. The molecule has 8 heteroatoms. The molecular formula is C22H20ClN3O3S. The Morgan fingerprint density at radius 1 is 1.23 bits per heavy atom. The Hall–Kier alpha value is -2.90. The first kappa shape index (κ1) is 20.4.